The van der Waals surface area contributed by atoms with E-state index in [2.05, 4.69) is 0 Å². The van der Waals surface area contributed by atoms with Gasteiger partial charge >= 0.3 is 0 Å². The van der Waals surface area contributed by atoms with Crippen molar-refractivity contribution in [2.75, 3.05) is 52.2 Å². The van der Waals surface area contributed by atoms with Crippen LogP contribution in [0, 0.1) is 0 Å². The predicted molar refractivity (Wildman–Crippen MR) is 87.5 cm³/mol. The number of carbonyl (C=O) groups excluding carboxylic acids is 1. The molecule has 0 saturated carbocycles. The average Bonchev–Trinajstić information content (AvgIpc) is 2.52. The Labute approximate surface area is 138 Å². The van der Waals surface area contributed by atoms with Crippen LogP contribution in [0.1, 0.15) is 20.3 Å². The third kappa shape index (κ3) is 6.72. The summed E-state index contributed by atoms with van der Waals surface area (Å²) in [5.41, 5.74) is 5.51. The minimum atomic E-state index is -3.33. The van der Waals surface area contributed by atoms with E-state index in [1.807, 2.05) is 13.8 Å². The fraction of sp³-hybridized carbons (Fsp3) is 0.929. The zero-order valence-electron chi connectivity index (χ0n) is 14.2. The topological polar surface area (TPSA) is 102 Å². The third-order valence-corrected chi connectivity index (χ3v) is 5.61. The number of nitrogens with two attached hydrogens (primary N) is 1. The van der Waals surface area contributed by atoms with Crippen molar-refractivity contribution in [3.8, 4) is 0 Å². The minimum Gasteiger partial charge on any atom is -0.380 e. The smallest absolute Gasteiger partial charge is 0.225 e. The van der Waals surface area contributed by atoms with Gasteiger partial charge in [0.05, 0.1) is 31.0 Å². The predicted octanol–water partition coefficient (Wildman–Crippen LogP) is -0.751. The summed E-state index contributed by atoms with van der Waals surface area (Å²) in [6.45, 7) is 5.62. The van der Waals surface area contributed by atoms with E-state index in [4.69, 9.17) is 15.2 Å². The molecule has 1 rings (SSSR count). The van der Waals surface area contributed by atoms with Crippen LogP contribution in [0.15, 0.2) is 0 Å². The number of amides is 1. The van der Waals surface area contributed by atoms with Crippen molar-refractivity contribution in [2.45, 2.75) is 32.5 Å². The van der Waals surface area contributed by atoms with Gasteiger partial charge in [-0.15, -0.1) is 0 Å². The molecule has 23 heavy (non-hydrogen) atoms. The number of rotatable bonds is 9. The molecule has 0 aliphatic carbocycles. The van der Waals surface area contributed by atoms with Crippen molar-refractivity contribution in [1.82, 2.24) is 9.21 Å². The number of ether oxygens (including phenoxy) is 2. The summed E-state index contributed by atoms with van der Waals surface area (Å²) in [6.07, 6.45) is -0.0597. The van der Waals surface area contributed by atoms with Gasteiger partial charge in [0.1, 0.15) is 0 Å². The second kappa shape index (κ2) is 9.53. The van der Waals surface area contributed by atoms with Gasteiger partial charge in [0.2, 0.25) is 15.9 Å². The standard InChI is InChI=1S/C14H29N3O5S/c1-12(2)22-8-9-23(19,20)17-6-4-16(5-7-17)14(18)10-13(11-15)21-3/h12-13H,4-11,15H2,1-3H3. The van der Waals surface area contributed by atoms with Gasteiger partial charge in [-0.25, -0.2) is 8.42 Å². The van der Waals surface area contributed by atoms with Gasteiger partial charge in [-0.2, -0.15) is 4.31 Å². The number of sulfonamides is 1. The fourth-order valence-corrected chi connectivity index (χ4v) is 3.61. The number of nitrogens with zero attached hydrogens (tertiary/aromatic N) is 2. The zero-order valence-corrected chi connectivity index (χ0v) is 15.0. The van der Waals surface area contributed by atoms with Crippen LogP contribution in [-0.4, -0.2) is 87.9 Å². The summed E-state index contributed by atoms with van der Waals surface area (Å²) < 4.78 is 36.3. The van der Waals surface area contributed by atoms with Gasteiger partial charge in [0, 0.05) is 39.8 Å². The lowest BCUT2D eigenvalue weighted by molar-refractivity contribution is -0.134. The second-order valence-corrected chi connectivity index (χ2v) is 7.90. The molecule has 1 amide bonds. The normalized spacial score (nSPS) is 18.4. The highest BCUT2D eigenvalue weighted by molar-refractivity contribution is 7.89. The van der Waals surface area contributed by atoms with E-state index >= 15 is 0 Å². The van der Waals surface area contributed by atoms with Gasteiger partial charge in [0.25, 0.3) is 0 Å². The SMILES string of the molecule is COC(CN)CC(=O)N1CCN(S(=O)(=O)CCOC(C)C)CC1. The summed E-state index contributed by atoms with van der Waals surface area (Å²) >= 11 is 0. The highest BCUT2D eigenvalue weighted by atomic mass is 32.2. The number of hydrogen-bond donors (Lipinski definition) is 1. The lowest BCUT2D eigenvalue weighted by Gasteiger charge is -2.34. The van der Waals surface area contributed by atoms with Crippen molar-refractivity contribution < 1.29 is 22.7 Å². The zero-order chi connectivity index (χ0) is 17.5. The Morgan fingerprint density at radius 3 is 2.30 bits per heavy atom. The molecule has 1 aliphatic rings. The van der Waals surface area contributed by atoms with Crippen LogP contribution >= 0.6 is 0 Å². The molecular formula is C14H29N3O5S. The molecule has 2 N–H and O–H groups in total. The van der Waals surface area contributed by atoms with Crippen LogP contribution < -0.4 is 5.73 Å². The van der Waals surface area contributed by atoms with Crippen LogP contribution in [0.25, 0.3) is 0 Å². The Kier molecular flexibility index (Phi) is 8.41. The number of carbonyl (C=O) groups is 1. The Morgan fingerprint density at radius 2 is 1.83 bits per heavy atom. The van der Waals surface area contributed by atoms with Crippen molar-refractivity contribution in [3.05, 3.63) is 0 Å². The summed E-state index contributed by atoms with van der Waals surface area (Å²) in [7, 11) is -1.81. The average molecular weight is 351 g/mol. The van der Waals surface area contributed by atoms with Crippen LogP contribution in [0.5, 0.6) is 0 Å². The quantitative estimate of drug-likeness (QED) is 0.586. The Morgan fingerprint density at radius 1 is 1.22 bits per heavy atom. The van der Waals surface area contributed by atoms with E-state index in [0.29, 0.717) is 26.2 Å². The Bertz CT molecular complexity index is 457. The molecule has 0 aromatic heterocycles. The fourth-order valence-electron chi connectivity index (χ4n) is 2.32. The van der Waals surface area contributed by atoms with Gasteiger partial charge in [0.15, 0.2) is 0 Å². The first kappa shape index (κ1) is 20.3. The van der Waals surface area contributed by atoms with Crippen molar-refractivity contribution >= 4 is 15.9 Å². The Balaban J connectivity index is 2.43. The maximum absolute atomic E-state index is 12.2. The molecule has 1 heterocycles. The summed E-state index contributed by atoms with van der Waals surface area (Å²) in [4.78, 5) is 13.8. The molecule has 1 atom stereocenters. The van der Waals surface area contributed by atoms with Crippen LogP contribution in [0.3, 0.4) is 0 Å². The molecule has 1 saturated heterocycles. The molecule has 1 unspecified atom stereocenters. The number of methoxy groups -OCH3 is 1. The molecule has 8 nitrogen and oxygen atoms in total. The summed E-state index contributed by atoms with van der Waals surface area (Å²) in [5, 5.41) is 0. The molecule has 1 fully saturated rings. The highest BCUT2D eigenvalue weighted by Crippen LogP contribution is 2.11. The van der Waals surface area contributed by atoms with Crippen LogP contribution in [0.4, 0.5) is 0 Å². The first-order valence-electron chi connectivity index (χ1n) is 7.90. The van der Waals surface area contributed by atoms with E-state index in [-0.39, 0.29) is 43.4 Å². The Hall–Kier alpha value is -0.740. The summed E-state index contributed by atoms with van der Waals surface area (Å²) in [5.74, 6) is -0.0830. The molecule has 1 aliphatic heterocycles. The van der Waals surface area contributed by atoms with Crippen LogP contribution in [0.2, 0.25) is 0 Å². The van der Waals surface area contributed by atoms with E-state index in [1.165, 1.54) is 11.4 Å². The first-order valence-corrected chi connectivity index (χ1v) is 9.51. The molecule has 136 valence electrons. The molecule has 0 aromatic carbocycles. The van der Waals surface area contributed by atoms with E-state index in [9.17, 15) is 13.2 Å². The summed E-state index contributed by atoms with van der Waals surface area (Å²) in [6, 6.07) is 0. The van der Waals surface area contributed by atoms with Crippen LogP contribution in [-0.2, 0) is 24.3 Å². The maximum Gasteiger partial charge on any atom is 0.225 e. The van der Waals surface area contributed by atoms with E-state index in [0.717, 1.165) is 0 Å². The van der Waals surface area contributed by atoms with Gasteiger partial charge < -0.3 is 20.1 Å². The lowest BCUT2D eigenvalue weighted by Crippen LogP contribution is -2.52. The largest absolute Gasteiger partial charge is 0.380 e. The molecule has 0 spiro atoms. The minimum absolute atomic E-state index is 0.0101. The molecular weight excluding hydrogens is 322 g/mol. The molecule has 0 bridgehead atoms. The molecule has 0 radical (unpaired) electrons. The maximum atomic E-state index is 12.2. The lowest BCUT2D eigenvalue weighted by atomic mass is 10.2. The first-order chi connectivity index (χ1) is 10.8. The van der Waals surface area contributed by atoms with Crippen molar-refractivity contribution in [3.63, 3.8) is 0 Å². The van der Waals surface area contributed by atoms with E-state index in [1.54, 1.807) is 4.90 Å². The highest BCUT2D eigenvalue weighted by Gasteiger charge is 2.29. The van der Waals surface area contributed by atoms with Crippen molar-refractivity contribution in [2.24, 2.45) is 5.73 Å². The number of hydrogen-bond acceptors (Lipinski definition) is 6. The monoisotopic (exact) mass is 351 g/mol. The molecule has 9 heteroatoms. The van der Waals surface area contributed by atoms with Gasteiger partial charge in [-0.05, 0) is 13.8 Å². The van der Waals surface area contributed by atoms with E-state index < -0.39 is 10.0 Å². The van der Waals surface area contributed by atoms with Gasteiger partial charge in [-0.3, -0.25) is 4.79 Å². The molecule has 0 aromatic rings. The third-order valence-electron chi connectivity index (χ3n) is 3.78. The van der Waals surface area contributed by atoms with Gasteiger partial charge in [-0.1, -0.05) is 0 Å². The van der Waals surface area contributed by atoms with Crippen molar-refractivity contribution in [1.29, 1.82) is 0 Å². The number of piperazine rings is 1. The second-order valence-electron chi connectivity index (χ2n) is 5.81.